The van der Waals surface area contributed by atoms with Crippen LogP contribution in [0.2, 0.25) is 6.82 Å². The van der Waals surface area contributed by atoms with E-state index in [9.17, 15) is 4.79 Å². The Balaban J connectivity index is 3.01. The summed E-state index contributed by atoms with van der Waals surface area (Å²) in [7, 11) is 1.35. The van der Waals surface area contributed by atoms with Gasteiger partial charge in [0.25, 0.3) is 0 Å². The van der Waals surface area contributed by atoms with Gasteiger partial charge in [0.1, 0.15) is 0 Å². The Morgan fingerprint density at radius 3 is 2.33 bits per heavy atom. The number of methoxy groups -OCH3 is 1. The fourth-order valence-electron chi connectivity index (χ4n) is 2.90. The molecule has 134 valence electrons. The van der Waals surface area contributed by atoms with Gasteiger partial charge in [-0.2, -0.15) is 0 Å². The van der Waals surface area contributed by atoms with Crippen molar-refractivity contribution in [2.45, 2.75) is 60.4 Å². The SMILES string of the molecule is CCC(C)C(C)(C)C(C)(C)OB(C)c1ccc(C(=O)OC)c(N)c1. The molecule has 0 aliphatic rings. The fraction of sp³-hybridized carbons (Fsp3) is 0.632. The van der Waals surface area contributed by atoms with Gasteiger partial charge in [-0.1, -0.05) is 47.0 Å². The number of nitrogens with two attached hydrogens (primary N) is 1. The Morgan fingerprint density at radius 1 is 1.29 bits per heavy atom. The highest BCUT2D eigenvalue weighted by Gasteiger charge is 2.42. The van der Waals surface area contributed by atoms with E-state index in [2.05, 4.69) is 41.5 Å². The molecule has 1 unspecified atom stereocenters. The second-order valence-corrected chi connectivity index (χ2v) is 7.64. The molecule has 0 saturated heterocycles. The van der Waals surface area contributed by atoms with Crippen molar-refractivity contribution in [3.05, 3.63) is 23.8 Å². The molecule has 1 atom stereocenters. The van der Waals surface area contributed by atoms with Gasteiger partial charge in [0.15, 0.2) is 0 Å². The van der Waals surface area contributed by atoms with Crippen LogP contribution in [0.1, 0.15) is 58.3 Å². The van der Waals surface area contributed by atoms with Crippen molar-refractivity contribution in [3.8, 4) is 0 Å². The molecule has 0 amide bonds. The Hall–Kier alpha value is -1.49. The molecule has 1 rings (SSSR count). The number of anilines is 1. The molecule has 0 heterocycles. The number of hydrogen-bond donors (Lipinski definition) is 1. The summed E-state index contributed by atoms with van der Waals surface area (Å²) in [6.07, 6.45) is 1.11. The predicted octanol–water partition coefficient (Wildman–Crippen LogP) is 3.75. The highest BCUT2D eigenvalue weighted by atomic mass is 16.5. The lowest BCUT2D eigenvalue weighted by Gasteiger charge is -2.47. The smallest absolute Gasteiger partial charge is 0.339 e. The quantitative estimate of drug-likeness (QED) is 0.469. The van der Waals surface area contributed by atoms with Crippen molar-refractivity contribution in [2.24, 2.45) is 11.3 Å². The molecule has 0 aliphatic carbocycles. The van der Waals surface area contributed by atoms with E-state index in [-0.39, 0.29) is 17.9 Å². The molecule has 0 spiro atoms. The molecule has 1 aromatic carbocycles. The minimum absolute atomic E-state index is 0.0213. The van der Waals surface area contributed by atoms with E-state index in [0.717, 1.165) is 11.9 Å². The number of ether oxygens (including phenoxy) is 1. The third kappa shape index (κ3) is 4.13. The average Bonchev–Trinajstić information content (AvgIpc) is 2.52. The monoisotopic (exact) mass is 333 g/mol. The van der Waals surface area contributed by atoms with E-state index in [1.165, 1.54) is 7.11 Å². The Kier molecular flexibility index (Phi) is 6.51. The van der Waals surface area contributed by atoms with E-state index in [1.807, 2.05) is 12.9 Å². The second-order valence-electron chi connectivity index (χ2n) is 7.64. The first-order valence-corrected chi connectivity index (χ1v) is 8.63. The summed E-state index contributed by atoms with van der Waals surface area (Å²) in [6, 6.07) is 5.37. The van der Waals surface area contributed by atoms with Gasteiger partial charge in [0.2, 0.25) is 0 Å². The van der Waals surface area contributed by atoms with Crippen LogP contribution >= 0.6 is 0 Å². The molecule has 1 aromatic rings. The molecule has 0 bridgehead atoms. The molecule has 4 nitrogen and oxygen atoms in total. The van der Waals surface area contributed by atoms with Crippen molar-refractivity contribution in [2.75, 3.05) is 12.8 Å². The number of nitrogen functional groups attached to an aromatic ring is 1. The predicted molar refractivity (Wildman–Crippen MR) is 102 cm³/mol. The molecule has 0 saturated carbocycles. The van der Waals surface area contributed by atoms with Gasteiger partial charge in [-0.05, 0) is 42.8 Å². The lowest BCUT2D eigenvalue weighted by molar-refractivity contribution is -0.0451. The van der Waals surface area contributed by atoms with Crippen molar-refractivity contribution in [1.29, 1.82) is 0 Å². The zero-order valence-electron chi connectivity index (χ0n) is 16.4. The average molecular weight is 333 g/mol. The third-order valence-corrected chi connectivity index (χ3v) is 5.82. The van der Waals surface area contributed by atoms with Crippen LogP contribution < -0.4 is 11.2 Å². The number of rotatable bonds is 7. The van der Waals surface area contributed by atoms with E-state index in [4.69, 9.17) is 15.1 Å². The summed E-state index contributed by atoms with van der Waals surface area (Å²) in [4.78, 5) is 11.7. The molecule has 2 N–H and O–H groups in total. The van der Waals surface area contributed by atoms with Crippen molar-refractivity contribution in [1.82, 2.24) is 0 Å². The zero-order valence-corrected chi connectivity index (χ0v) is 16.4. The van der Waals surface area contributed by atoms with Crippen LogP contribution in [0.5, 0.6) is 0 Å². The van der Waals surface area contributed by atoms with Crippen LogP contribution in [0.4, 0.5) is 5.69 Å². The highest BCUT2D eigenvalue weighted by molar-refractivity contribution is 6.66. The summed E-state index contributed by atoms with van der Waals surface area (Å²) in [6.45, 7) is 15.1. The van der Waals surface area contributed by atoms with Crippen LogP contribution in [0.25, 0.3) is 0 Å². The molecule has 5 heteroatoms. The van der Waals surface area contributed by atoms with Crippen LogP contribution in [0, 0.1) is 11.3 Å². The second kappa shape index (κ2) is 7.60. The Labute approximate surface area is 147 Å². The molecule has 0 aliphatic heterocycles. The van der Waals surface area contributed by atoms with Gasteiger partial charge in [0.05, 0.1) is 18.3 Å². The van der Waals surface area contributed by atoms with Gasteiger partial charge in [-0.25, -0.2) is 4.79 Å². The zero-order chi connectivity index (χ0) is 18.7. The Bertz CT molecular complexity index is 584. The maximum Gasteiger partial charge on any atom is 0.339 e. The number of carbonyl (C=O) groups excluding carboxylic acids is 1. The number of esters is 1. The first-order valence-electron chi connectivity index (χ1n) is 8.63. The largest absolute Gasteiger partial charge is 0.465 e. The molecule has 24 heavy (non-hydrogen) atoms. The summed E-state index contributed by atoms with van der Waals surface area (Å²) in [5.41, 5.74) is 7.46. The van der Waals surface area contributed by atoms with Crippen molar-refractivity contribution < 1.29 is 14.2 Å². The van der Waals surface area contributed by atoms with Gasteiger partial charge >= 0.3 is 12.9 Å². The highest BCUT2D eigenvalue weighted by Crippen LogP contribution is 2.42. The van der Waals surface area contributed by atoms with Crippen molar-refractivity contribution in [3.63, 3.8) is 0 Å². The van der Waals surface area contributed by atoms with Gasteiger partial charge < -0.3 is 15.1 Å². The third-order valence-electron chi connectivity index (χ3n) is 5.82. The van der Waals surface area contributed by atoms with Gasteiger partial charge in [-0.3, -0.25) is 0 Å². The minimum Gasteiger partial charge on any atom is -0.465 e. The van der Waals surface area contributed by atoms with E-state index < -0.39 is 5.97 Å². The Morgan fingerprint density at radius 2 is 1.88 bits per heavy atom. The summed E-state index contributed by atoms with van der Waals surface area (Å²) < 4.78 is 11.2. The van der Waals surface area contributed by atoms with E-state index >= 15 is 0 Å². The number of carbonyl (C=O) groups is 1. The first-order chi connectivity index (χ1) is 11.0. The molecule has 0 fully saturated rings. The van der Waals surface area contributed by atoms with E-state index in [0.29, 0.717) is 17.2 Å². The van der Waals surface area contributed by atoms with Gasteiger partial charge in [-0.15, -0.1) is 0 Å². The normalized spacial score (nSPS) is 13.5. The van der Waals surface area contributed by atoms with Crippen LogP contribution in [0.15, 0.2) is 18.2 Å². The summed E-state index contributed by atoms with van der Waals surface area (Å²) in [5, 5.41) is 0. The van der Waals surface area contributed by atoms with Crippen LogP contribution in [0.3, 0.4) is 0 Å². The fourth-order valence-corrected chi connectivity index (χ4v) is 2.90. The summed E-state index contributed by atoms with van der Waals surface area (Å²) in [5.74, 6) is 0.109. The maximum atomic E-state index is 11.7. The number of benzene rings is 1. The van der Waals surface area contributed by atoms with E-state index in [1.54, 1.807) is 12.1 Å². The lowest BCUT2D eigenvalue weighted by atomic mass is 9.60. The molecule has 0 aromatic heterocycles. The summed E-state index contributed by atoms with van der Waals surface area (Å²) >= 11 is 0. The van der Waals surface area contributed by atoms with Crippen LogP contribution in [-0.2, 0) is 9.39 Å². The van der Waals surface area contributed by atoms with Gasteiger partial charge in [0, 0.05) is 5.69 Å². The molecular formula is C19H32BNO3. The van der Waals surface area contributed by atoms with Crippen LogP contribution in [-0.4, -0.2) is 25.6 Å². The molecular weight excluding hydrogens is 301 g/mol. The standard InChI is InChI=1S/C19H32BNO3/c1-9-13(2)18(3,4)19(5,6)24-20(7)14-10-11-15(16(21)12-14)17(22)23-8/h10-13H,9,21H2,1-8H3. The number of hydrogen-bond acceptors (Lipinski definition) is 4. The first kappa shape index (κ1) is 20.6. The molecule has 0 radical (unpaired) electrons. The van der Waals surface area contributed by atoms with Crippen molar-refractivity contribution >= 4 is 24.0 Å². The topological polar surface area (TPSA) is 61.5 Å². The maximum absolute atomic E-state index is 11.7. The lowest BCUT2D eigenvalue weighted by Crippen LogP contribution is -2.50. The minimum atomic E-state index is -0.425.